The zero-order valence-electron chi connectivity index (χ0n) is 30.4. The second kappa shape index (κ2) is 14.3. The minimum Gasteiger partial charge on any atom is -0.490 e. The van der Waals surface area contributed by atoms with Crippen LogP contribution in [0, 0.1) is 11.2 Å². The number of rotatable bonds is 13. The van der Waals surface area contributed by atoms with Crippen molar-refractivity contribution in [3.8, 4) is 17.2 Å². The fourth-order valence-electron chi connectivity index (χ4n) is 8.89. The van der Waals surface area contributed by atoms with Crippen molar-refractivity contribution in [3.63, 3.8) is 0 Å². The molecule has 8 rings (SSSR count). The van der Waals surface area contributed by atoms with Gasteiger partial charge in [0, 0.05) is 93.0 Å². The van der Waals surface area contributed by atoms with Crippen molar-refractivity contribution in [2.75, 3.05) is 50.8 Å². The summed E-state index contributed by atoms with van der Waals surface area (Å²) in [6.07, 6.45) is 8.99. The van der Waals surface area contributed by atoms with Gasteiger partial charge in [-0.25, -0.2) is 23.1 Å². The number of likely N-dealkylation sites (tertiary alicyclic amines) is 1. The van der Waals surface area contributed by atoms with Crippen LogP contribution < -0.4 is 14.4 Å². The van der Waals surface area contributed by atoms with E-state index in [0.29, 0.717) is 17.6 Å². The number of halogens is 3. The van der Waals surface area contributed by atoms with Gasteiger partial charge in [-0.3, -0.25) is 19.6 Å². The number of nitrogens with zero attached hydrogens (tertiary/aromatic N) is 7. The van der Waals surface area contributed by atoms with E-state index in [0.717, 1.165) is 95.4 Å². The fraction of sp³-hybridized carbons (Fsp3) is 0.590. The number of aliphatic hydroxyl groups is 1. The van der Waals surface area contributed by atoms with Crippen molar-refractivity contribution in [1.82, 2.24) is 29.7 Å². The highest BCUT2D eigenvalue weighted by atomic mass is 19.3. The van der Waals surface area contributed by atoms with E-state index in [2.05, 4.69) is 29.7 Å². The van der Waals surface area contributed by atoms with Crippen molar-refractivity contribution in [1.29, 1.82) is 0 Å². The average Bonchev–Trinajstić information content (AvgIpc) is 3.07. The number of fused-ring (bicyclic) bond motifs is 1. The third-order valence-corrected chi connectivity index (χ3v) is 11.8. The topological polar surface area (TPSA) is 107 Å². The lowest BCUT2D eigenvalue weighted by Gasteiger charge is -2.59. The van der Waals surface area contributed by atoms with Gasteiger partial charge in [-0.15, -0.1) is 0 Å². The molecule has 2 saturated heterocycles. The highest BCUT2D eigenvalue weighted by Crippen LogP contribution is 2.52. The van der Waals surface area contributed by atoms with Gasteiger partial charge in [0.15, 0.2) is 11.6 Å². The van der Waals surface area contributed by atoms with Crippen LogP contribution in [0.5, 0.6) is 17.2 Å². The number of aliphatic hydroxyl groups excluding tert-OH is 1. The Morgan fingerprint density at radius 1 is 1.06 bits per heavy atom. The van der Waals surface area contributed by atoms with Crippen molar-refractivity contribution in [2.24, 2.45) is 5.41 Å². The maximum Gasteiger partial charge on any atom is 0.258 e. The highest BCUT2D eigenvalue weighted by Gasteiger charge is 2.54. The largest absolute Gasteiger partial charge is 0.490 e. The maximum atomic E-state index is 14.5. The first-order chi connectivity index (χ1) is 25.5. The molecule has 1 amide bonds. The first-order valence-corrected chi connectivity index (χ1v) is 18.9. The Balaban J connectivity index is 0.878. The lowest BCUT2D eigenvalue weighted by Crippen LogP contribution is -2.65. The van der Waals surface area contributed by atoms with E-state index in [4.69, 9.17) is 9.47 Å². The van der Waals surface area contributed by atoms with Crippen molar-refractivity contribution in [3.05, 3.63) is 65.6 Å². The second-order valence-electron chi connectivity index (χ2n) is 16.0. The monoisotopic (exact) mass is 735 g/mol. The van der Waals surface area contributed by atoms with E-state index < -0.39 is 36.5 Å². The maximum absolute atomic E-state index is 14.5. The Morgan fingerprint density at radius 2 is 1.87 bits per heavy atom. The van der Waals surface area contributed by atoms with E-state index in [1.165, 1.54) is 35.1 Å². The number of alkyl halides is 2. The predicted octanol–water partition coefficient (Wildman–Crippen LogP) is 5.31. The number of benzene rings is 1. The Kier molecular flexibility index (Phi) is 9.73. The van der Waals surface area contributed by atoms with E-state index in [9.17, 15) is 23.1 Å². The molecular formula is C39H48F3N7O4. The Morgan fingerprint density at radius 3 is 2.58 bits per heavy atom. The van der Waals surface area contributed by atoms with Crippen LogP contribution in [0.15, 0.2) is 43.0 Å². The van der Waals surface area contributed by atoms with Crippen molar-refractivity contribution >= 4 is 11.7 Å². The van der Waals surface area contributed by atoms with Gasteiger partial charge in [-0.2, -0.15) is 0 Å². The molecule has 1 aromatic carbocycles. The molecule has 11 nitrogen and oxygen atoms in total. The number of hydrogen-bond donors (Lipinski definition) is 1. The van der Waals surface area contributed by atoms with Gasteiger partial charge in [-0.05, 0) is 76.9 Å². The summed E-state index contributed by atoms with van der Waals surface area (Å²) in [6.45, 7) is 10.2. The molecule has 2 aliphatic carbocycles. The Bertz CT molecular complexity index is 1810. The number of ether oxygens (including phenoxy) is 2. The molecule has 0 radical (unpaired) electrons. The molecule has 14 heteroatoms. The van der Waals surface area contributed by atoms with Gasteiger partial charge in [0.1, 0.15) is 29.7 Å². The Hall–Kier alpha value is -4.01. The van der Waals surface area contributed by atoms with Crippen LogP contribution in [0.25, 0.3) is 0 Å². The summed E-state index contributed by atoms with van der Waals surface area (Å²) in [6, 6.07) is 5.01. The van der Waals surface area contributed by atoms with Gasteiger partial charge in [-0.1, -0.05) is 0 Å². The van der Waals surface area contributed by atoms with Crippen LogP contribution in [0.4, 0.5) is 19.0 Å². The molecule has 1 N–H and O–H groups in total. The first kappa shape index (κ1) is 36.0. The minimum atomic E-state index is -2.81. The van der Waals surface area contributed by atoms with E-state index in [1.54, 1.807) is 13.8 Å². The lowest BCUT2D eigenvalue weighted by atomic mass is 9.61. The summed E-state index contributed by atoms with van der Waals surface area (Å²) in [4.78, 5) is 35.4. The molecule has 5 aliphatic rings. The molecule has 1 atom stereocenters. The normalized spacial score (nSPS) is 22.4. The van der Waals surface area contributed by atoms with Crippen LogP contribution in [0.1, 0.15) is 74.0 Å². The van der Waals surface area contributed by atoms with Crippen LogP contribution in [-0.4, -0.2) is 117 Å². The van der Waals surface area contributed by atoms with Gasteiger partial charge < -0.3 is 24.4 Å². The van der Waals surface area contributed by atoms with Crippen LogP contribution >= 0.6 is 0 Å². The number of amides is 1. The number of pyridine rings is 1. The SMILES string of the molecule is CC(C)N(C(=O)c1cc(F)ccc1Oc1cncnc1N1CC2(CC(Oc3ccnc4c3CN(CCCN3CC[C@@H]3CO)CC4)C2)C1)C1CC(F)(F)C1. The summed E-state index contributed by atoms with van der Waals surface area (Å²) >= 11 is 0. The number of anilines is 1. The third kappa shape index (κ3) is 7.29. The average molecular weight is 736 g/mol. The van der Waals surface area contributed by atoms with Crippen LogP contribution in [0.2, 0.25) is 0 Å². The van der Waals surface area contributed by atoms with Gasteiger partial charge >= 0.3 is 0 Å². The fourth-order valence-corrected chi connectivity index (χ4v) is 8.89. The quantitative estimate of drug-likeness (QED) is 0.248. The second-order valence-corrected chi connectivity index (χ2v) is 16.0. The molecular weight excluding hydrogens is 687 g/mol. The van der Waals surface area contributed by atoms with Gasteiger partial charge in [0.2, 0.25) is 0 Å². The molecule has 0 bridgehead atoms. The molecule has 2 aromatic heterocycles. The standard InChI is InChI=1S/C39H48F3N7O4/c1-25(2)49(28-15-39(41,42)16-28)37(51)30-14-26(40)4-5-33(30)53-35-19-43-24-45-36(35)48-22-38(23-48)17-29(18-38)52-34-6-9-44-32-8-12-46(20-31(32)34)10-3-11-47-13-7-27(47)21-50/h4-6,9,14,19,24-25,27-29,50H,3,7-8,10-13,15-18,20-23H2,1-2H3/t27-/m1/s1. The third-order valence-electron chi connectivity index (χ3n) is 11.8. The molecule has 5 heterocycles. The first-order valence-electron chi connectivity index (χ1n) is 18.9. The minimum absolute atomic E-state index is 0.0351. The van der Waals surface area contributed by atoms with Crippen LogP contribution in [-0.2, 0) is 13.0 Å². The summed E-state index contributed by atoms with van der Waals surface area (Å²) in [5.74, 6) is -2.05. The van der Waals surface area contributed by atoms with E-state index in [1.807, 2.05) is 12.3 Å². The van der Waals surface area contributed by atoms with Gasteiger partial charge in [0.05, 0.1) is 18.4 Å². The Labute approximate surface area is 308 Å². The zero-order chi connectivity index (χ0) is 36.9. The molecule has 3 aliphatic heterocycles. The molecule has 0 unspecified atom stereocenters. The molecule has 2 saturated carbocycles. The van der Waals surface area contributed by atoms with Crippen LogP contribution in [0.3, 0.4) is 0 Å². The highest BCUT2D eigenvalue weighted by molar-refractivity contribution is 5.97. The molecule has 284 valence electrons. The molecule has 53 heavy (non-hydrogen) atoms. The summed E-state index contributed by atoms with van der Waals surface area (Å²) in [7, 11) is 0. The number of carbonyl (C=O) groups excluding carboxylic acids is 1. The van der Waals surface area contributed by atoms with E-state index >= 15 is 0 Å². The van der Waals surface area contributed by atoms with E-state index in [-0.39, 0.29) is 35.5 Å². The van der Waals surface area contributed by atoms with Crippen molar-refractivity contribution < 1.29 is 32.5 Å². The zero-order valence-corrected chi connectivity index (χ0v) is 30.4. The lowest BCUT2D eigenvalue weighted by molar-refractivity contribution is -0.120. The summed E-state index contributed by atoms with van der Waals surface area (Å²) in [5.41, 5.74) is 2.37. The van der Waals surface area contributed by atoms with Crippen molar-refractivity contribution in [2.45, 2.75) is 95.5 Å². The number of aromatic nitrogens is 3. The predicted molar refractivity (Wildman–Crippen MR) is 191 cm³/mol. The molecule has 4 fully saturated rings. The van der Waals surface area contributed by atoms with Gasteiger partial charge in [0.25, 0.3) is 11.8 Å². The summed E-state index contributed by atoms with van der Waals surface area (Å²) < 4.78 is 54.9. The summed E-state index contributed by atoms with van der Waals surface area (Å²) in [5, 5.41) is 9.49. The number of hydrogen-bond acceptors (Lipinski definition) is 10. The molecule has 1 spiro atoms. The molecule has 3 aromatic rings. The smallest absolute Gasteiger partial charge is 0.258 e. The number of carbonyl (C=O) groups is 1.